The van der Waals surface area contributed by atoms with Crippen LogP contribution in [0.3, 0.4) is 0 Å². The maximum atomic E-state index is 12.7. The molecule has 1 spiro atoms. The van der Waals surface area contributed by atoms with Gasteiger partial charge in [0.1, 0.15) is 0 Å². The van der Waals surface area contributed by atoms with Gasteiger partial charge in [-0.3, -0.25) is 14.1 Å². The lowest BCUT2D eigenvalue weighted by molar-refractivity contribution is -0.204. The van der Waals surface area contributed by atoms with Crippen molar-refractivity contribution in [3.63, 3.8) is 0 Å². The Bertz CT molecular complexity index is 637. The first-order chi connectivity index (χ1) is 11.6. The second-order valence-corrected chi connectivity index (χ2v) is 8.67. The Kier molecular flexibility index (Phi) is 4.35. The van der Waals surface area contributed by atoms with Crippen molar-refractivity contribution in [2.75, 3.05) is 20.3 Å². The summed E-state index contributed by atoms with van der Waals surface area (Å²) >= 11 is 2.31. The highest BCUT2D eigenvalue weighted by Gasteiger charge is 2.73. The van der Waals surface area contributed by atoms with Crippen molar-refractivity contribution in [3.05, 3.63) is 33.4 Å². The Hall–Kier alpha value is -0.690. The van der Waals surface area contributed by atoms with Gasteiger partial charge in [0.15, 0.2) is 0 Å². The van der Waals surface area contributed by atoms with Gasteiger partial charge in [0.05, 0.1) is 19.7 Å². The number of ether oxygens (including phenoxy) is 1. The molecule has 0 radical (unpaired) electrons. The van der Waals surface area contributed by atoms with E-state index in [1.165, 1.54) is 29.1 Å². The minimum Gasteiger partial charge on any atom is -0.469 e. The van der Waals surface area contributed by atoms with Crippen molar-refractivity contribution in [2.45, 2.75) is 43.7 Å². The van der Waals surface area contributed by atoms with E-state index in [4.69, 9.17) is 4.74 Å². The lowest BCUT2D eigenvalue weighted by atomic mass is 9.52. The monoisotopic (exact) mass is 443 g/mol. The van der Waals surface area contributed by atoms with Crippen LogP contribution in [0.5, 0.6) is 0 Å². The van der Waals surface area contributed by atoms with Crippen LogP contribution in [0.25, 0.3) is 0 Å². The highest BCUT2D eigenvalue weighted by molar-refractivity contribution is 14.1. The molecule has 1 aromatic rings. The zero-order chi connectivity index (χ0) is 16.9. The molecule has 5 atom stereocenters. The lowest BCUT2D eigenvalue weighted by Gasteiger charge is -2.69. The van der Waals surface area contributed by atoms with Gasteiger partial charge in [0, 0.05) is 27.6 Å². The summed E-state index contributed by atoms with van der Waals surface area (Å²) in [4.78, 5) is 15.0. The van der Waals surface area contributed by atoms with Crippen molar-refractivity contribution >= 4 is 28.6 Å². The van der Waals surface area contributed by atoms with Crippen LogP contribution in [0.15, 0.2) is 24.3 Å². The second-order valence-electron chi connectivity index (χ2n) is 7.42. The van der Waals surface area contributed by atoms with Gasteiger partial charge in [0.2, 0.25) is 0 Å². The smallest absolute Gasteiger partial charge is 0.310 e. The lowest BCUT2D eigenvalue weighted by Crippen LogP contribution is -2.76. The van der Waals surface area contributed by atoms with Crippen LogP contribution in [-0.2, 0) is 9.53 Å². The molecule has 0 N–H and O–H groups in total. The average Bonchev–Trinajstić information content (AvgIpc) is 2.93. The van der Waals surface area contributed by atoms with Crippen LogP contribution >= 0.6 is 22.6 Å². The predicted molar refractivity (Wildman–Crippen MR) is 98.6 cm³/mol. The molecule has 1 aromatic carbocycles. The minimum absolute atomic E-state index is 0.101. The number of halogens is 2. The summed E-state index contributed by atoms with van der Waals surface area (Å²) in [6, 6.07) is 9.32. The molecule has 3 nitrogen and oxygen atoms in total. The van der Waals surface area contributed by atoms with E-state index in [0.29, 0.717) is 12.5 Å². The molecule has 24 heavy (non-hydrogen) atoms. The van der Waals surface area contributed by atoms with E-state index in [9.17, 15) is 9.18 Å². The number of hydrogen-bond acceptors (Lipinski definition) is 3. The fourth-order valence-corrected chi connectivity index (χ4v) is 5.97. The summed E-state index contributed by atoms with van der Waals surface area (Å²) in [5.41, 5.74) is 1.51. The van der Waals surface area contributed by atoms with Gasteiger partial charge in [0.25, 0.3) is 0 Å². The second kappa shape index (κ2) is 6.24. The van der Waals surface area contributed by atoms with E-state index in [1.54, 1.807) is 0 Å². The fourth-order valence-electron chi connectivity index (χ4n) is 5.61. The highest BCUT2D eigenvalue weighted by Crippen LogP contribution is 2.70. The van der Waals surface area contributed by atoms with Gasteiger partial charge in [-0.25, -0.2) is 0 Å². The zero-order valence-corrected chi connectivity index (χ0v) is 16.0. The van der Waals surface area contributed by atoms with Crippen molar-refractivity contribution in [3.8, 4) is 0 Å². The van der Waals surface area contributed by atoms with Gasteiger partial charge in [-0.05, 0) is 71.9 Å². The minimum atomic E-state index is -0.285. The van der Waals surface area contributed by atoms with Crippen LogP contribution in [-0.4, -0.2) is 43.3 Å². The molecule has 2 saturated carbocycles. The summed E-state index contributed by atoms with van der Waals surface area (Å²) in [7, 11) is 1.49. The number of rotatable bonds is 5. The molecule has 5 unspecified atom stereocenters. The zero-order valence-electron chi connectivity index (χ0n) is 13.9. The number of nitrogens with zero attached hydrogens (tertiary/aromatic N) is 1. The summed E-state index contributed by atoms with van der Waals surface area (Å²) in [6.45, 7) is 0.479. The molecule has 0 aromatic heterocycles. The first-order valence-corrected chi connectivity index (χ1v) is 9.85. The van der Waals surface area contributed by atoms with Gasteiger partial charge in [-0.15, -0.1) is 0 Å². The number of piperidine rings is 1. The number of likely N-dealkylation sites (tertiary alicyclic amines) is 1. The number of benzene rings is 1. The van der Waals surface area contributed by atoms with Crippen LogP contribution in [0.1, 0.15) is 37.2 Å². The first-order valence-electron chi connectivity index (χ1n) is 8.77. The molecule has 0 bridgehead atoms. The third-order valence-corrected chi connectivity index (χ3v) is 7.31. The van der Waals surface area contributed by atoms with Crippen molar-refractivity contribution in [2.24, 2.45) is 11.3 Å². The molecular weight excluding hydrogens is 420 g/mol. The number of methoxy groups -OCH3 is 1. The fraction of sp³-hybridized carbons (Fsp3) is 0.632. The third-order valence-electron chi connectivity index (χ3n) is 6.59. The van der Waals surface area contributed by atoms with Crippen molar-refractivity contribution in [1.29, 1.82) is 0 Å². The predicted octanol–water partition coefficient (Wildman–Crippen LogP) is 3.76. The van der Waals surface area contributed by atoms with Gasteiger partial charge in [-0.1, -0.05) is 12.1 Å². The Morgan fingerprint density at radius 1 is 1.42 bits per heavy atom. The molecule has 1 heterocycles. The molecular formula is C19H23FINO2. The van der Waals surface area contributed by atoms with E-state index >= 15 is 0 Å². The number of carbonyl (C=O) groups excluding carboxylic acids is 1. The molecule has 2 aliphatic carbocycles. The first kappa shape index (κ1) is 16.8. The van der Waals surface area contributed by atoms with Crippen LogP contribution < -0.4 is 0 Å². The number of esters is 1. The molecule has 1 saturated heterocycles. The molecule has 5 heteroatoms. The Labute approximate surface area is 156 Å². The molecule has 0 amide bonds. The van der Waals surface area contributed by atoms with Gasteiger partial charge < -0.3 is 4.74 Å². The highest BCUT2D eigenvalue weighted by atomic mass is 127. The van der Waals surface area contributed by atoms with Crippen LogP contribution in [0.2, 0.25) is 0 Å². The SMILES string of the molecule is COC(=O)C1C(c2ccc(I)cc2)CC23CCC2N(CCCF)C13. The number of hydrogen-bond donors (Lipinski definition) is 0. The van der Waals surface area contributed by atoms with E-state index in [0.717, 1.165) is 13.0 Å². The van der Waals surface area contributed by atoms with E-state index in [1.807, 2.05) is 0 Å². The maximum absolute atomic E-state index is 12.7. The largest absolute Gasteiger partial charge is 0.469 e. The van der Waals surface area contributed by atoms with E-state index in [-0.39, 0.29) is 35.9 Å². The molecule has 130 valence electrons. The normalized spacial score (nSPS) is 37.1. The number of alkyl halides is 1. The summed E-state index contributed by atoms with van der Waals surface area (Å²) in [5, 5.41) is 0. The van der Waals surface area contributed by atoms with Crippen molar-refractivity contribution < 1.29 is 13.9 Å². The van der Waals surface area contributed by atoms with E-state index < -0.39 is 0 Å². The standard InChI is InChI=1S/C19H23FINO2/c1-24-18(23)16-14(12-3-5-13(21)6-4-12)11-19-8-7-15(19)22(17(16)19)10-2-9-20/h3-6,14-17H,2,7-11H2,1H3. The molecule has 3 fully saturated rings. The Morgan fingerprint density at radius 3 is 2.75 bits per heavy atom. The summed E-state index contributed by atoms with van der Waals surface area (Å²) in [5.74, 6) is -0.000118. The maximum Gasteiger partial charge on any atom is 0.310 e. The summed E-state index contributed by atoms with van der Waals surface area (Å²) < 4.78 is 19.1. The van der Waals surface area contributed by atoms with Crippen LogP contribution in [0.4, 0.5) is 4.39 Å². The molecule has 1 aliphatic heterocycles. The quantitative estimate of drug-likeness (QED) is 0.513. The summed E-state index contributed by atoms with van der Waals surface area (Å²) in [6.07, 6.45) is 4.01. The Morgan fingerprint density at radius 2 is 2.17 bits per heavy atom. The van der Waals surface area contributed by atoms with Gasteiger partial charge >= 0.3 is 5.97 Å². The Balaban J connectivity index is 1.66. The average molecular weight is 443 g/mol. The van der Waals surface area contributed by atoms with E-state index in [2.05, 4.69) is 51.8 Å². The molecule has 4 rings (SSSR count). The number of carbonyl (C=O) groups is 1. The van der Waals surface area contributed by atoms with Crippen molar-refractivity contribution in [1.82, 2.24) is 4.90 Å². The van der Waals surface area contributed by atoms with Crippen LogP contribution in [0, 0.1) is 14.9 Å². The third kappa shape index (κ3) is 2.26. The van der Waals surface area contributed by atoms with Gasteiger partial charge in [-0.2, -0.15) is 0 Å². The topological polar surface area (TPSA) is 29.5 Å². The molecule has 3 aliphatic rings.